The Morgan fingerprint density at radius 3 is 2.80 bits per heavy atom. The molecule has 0 aliphatic heterocycles. The predicted octanol–water partition coefficient (Wildman–Crippen LogP) is 1.90. The molecule has 0 radical (unpaired) electrons. The molecule has 0 fully saturated rings. The Kier molecular flexibility index (Phi) is 4.09. The number of hydrogen-bond acceptors (Lipinski definition) is 7. The molecule has 2 N–H and O–H groups in total. The van der Waals surface area contributed by atoms with E-state index in [1.54, 1.807) is 36.5 Å². The first-order chi connectivity index (χ1) is 9.74. The molecule has 20 heavy (non-hydrogen) atoms. The summed E-state index contributed by atoms with van der Waals surface area (Å²) in [6.45, 7) is 0. The number of para-hydroxylation sites is 1. The van der Waals surface area contributed by atoms with Crippen LogP contribution in [0.4, 0.5) is 17.3 Å². The summed E-state index contributed by atoms with van der Waals surface area (Å²) in [5, 5.41) is 13.9. The number of hydrogen-bond donors (Lipinski definition) is 2. The molecule has 0 bridgehead atoms. The molecular formula is C13H11N5O2. The Morgan fingerprint density at radius 1 is 1.30 bits per heavy atom. The minimum atomic E-state index is -0.447. The number of ether oxygens (including phenoxy) is 1. The molecule has 1 aromatic heterocycles. The van der Waals surface area contributed by atoms with Crippen LogP contribution >= 0.6 is 0 Å². The quantitative estimate of drug-likeness (QED) is 0.496. The second-order valence-corrected chi connectivity index (χ2v) is 3.69. The molecule has 1 heterocycles. The lowest BCUT2D eigenvalue weighted by molar-refractivity contribution is 0.0602. The van der Waals surface area contributed by atoms with Gasteiger partial charge in [0.15, 0.2) is 6.19 Å². The first-order valence-corrected chi connectivity index (χ1v) is 5.66. The molecule has 7 nitrogen and oxygen atoms in total. The third kappa shape index (κ3) is 3.00. The summed E-state index contributed by atoms with van der Waals surface area (Å²) in [5.41, 5.74) is 0.948. The molecule has 0 saturated carbocycles. The van der Waals surface area contributed by atoms with Gasteiger partial charge in [0, 0.05) is 6.07 Å². The van der Waals surface area contributed by atoms with Gasteiger partial charge in [0.1, 0.15) is 18.0 Å². The molecule has 2 aromatic rings. The third-order valence-electron chi connectivity index (χ3n) is 2.45. The summed E-state index contributed by atoms with van der Waals surface area (Å²) in [4.78, 5) is 19.5. The SMILES string of the molecule is COC(=O)c1ccccc1Nc1cc(NC#N)ncn1. The Labute approximate surface area is 115 Å². The number of carbonyl (C=O) groups is 1. The van der Waals surface area contributed by atoms with E-state index in [0.717, 1.165) is 0 Å². The van der Waals surface area contributed by atoms with E-state index in [4.69, 9.17) is 10.00 Å². The van der Waals surface area contributed by atoms with Gasteiger partial charge in [-0.3, -0.25) is 5.32 Å². The van der Waals surface area contributed by atoms with Crippen LogP contribution in [0, 0.1) is 11.5 Å². The number of nitrogens with zero attached hydrogens (tertiary/aromatic N) is 3. The second kappa shape index (κ2) is 6.15. The van der Waals surface area contributed by atoms with Crippen LogP contribution in [0.25, 0.3) is 0 Å². The largest absolute Gasteiger partial charge is 0.465 e. The third-order valence-corrected chi connectivity index (χ3v) is 2.45. The maximum absolute atomic E-state index is 11.6. The molecule has 0 amide bonds. The highest BCUT2D eigenvalue weighted by Gasteiger charge is 2.11. The highest BCUT2D eigenvalue weighted by molar-refractivity contribution is 5.96. The van der Waals surface area contributed by atoms with Crippen molar-refractivity contribution >= 4 is 23.3 Å². The lowest BCUT2D eigenvalue weighted by Gasteiger charge is -2.10. The zero-order valence-electron chi connectivity index (χ0n) is 10.6. The van der Waals surface area contributed by atoms with Gasteiger partial charge in [-0.2, -0.15) is 5.26 Å². The number of aromatic nitrogens is 2. The van der Waals surface area contributed by atoms with Crippen LogP contribution in [0.3, 0.4) is 0 Å². The molecule has 0 spiro atoms. The van der Waals surface area contributed by atoms with Crippen LogP contribution in [0.2, 0.25) is 0 Å². The fourth-order valence-electron chi connectivity index (χ4n) is 1.57. The number of anilines is 3. The van der Waals surface area contributed by atoms with Crippen molar-refractivity contribution in [3.05, 3.63) is 42.2 Å². The summed E-state index contributed by atoms with van der Waals surface area (Å²) in [7, 11) is 1.32. The van der Waals surface area contributed by atoms with Gasteiger partial charge >= 0.3 is 5.97 Å². The molecule has 0 saturated heterocycles. The first-order valence-electron chi connectivity index (χ1n) is 5.66. The maximum atomic E-state index is 11.6. The van der Waals surface area contributed by atoms with E-state index in [2.05, 4.69) is 20.6 Å². The fourth-order valence-corrected chi connectivity index (χ4v) is 1.57. The predicted molar refractivity (Wildman–Crippen MR) is 72.3 cm³/mol. The second-order valence-electron chi connectivity index (χ2n) is 3.69. The lowest BCUT2D eigenvalue weighted by Crippen LogP contribution is -2.06. The van der Waals surface area contributed by atoms with Crippen molar-refractivity contribution in [3.63, 3.8) is 0 Å². The number of esters is 1. The minimum absolute atomic E-state index is 0.362. The smallest absolute Gasteiger partial charge is 0.339 e. The fraction of sp³-hybridized carbons (Fsp3) is 0.0769. The molecule has 0 aliphatic rings. The van der Waals surface area contributed by atoms with Gasteiger partial charge in [-0.1, -0.05) is 12.1 Å². The Bertz CT molecular complexity index is 666. The molecule has 100 valence electrons. The van der Waals surface area contributed by atoms with Crippen LogP contribution in [0.5, 0.6) is 0 Å². The van der Waals surface area contributed by atoms with Gasteiger partial charge in [-0.25, -0.2) is 14.8 Å². The standard InChI is InChI=1S/C13H11N5O2/c1-20-13(19)9-4-2-3-5-10(9)18-12-6-11(15-7-14)16-8-17-12/h2-6,8H,1H3,(H2,15,16,17,18). The van der Waals surface area contributed by atoms with Crippen molar-refractivity contribution in [1.29, 1.82) is 5.26 Å². The Balaban J connectivity index is 2.28. The van der Waals surface area contributed by atoms with Gasteiger partial charge < -0.3 is 10.1 Å². The van der Waals surface area contributed by atoms with Gasteiger partial charge in [0.05, 0.1) is 18.4 Å². The first kappa shape index (κ1) is 13.3. The van der Waals surface area contributed by atoms with Gasteiger partial charge in [0.25, 0.3) is 0 Å². The van der Waals surface area contributed by atoms with E-state index in [-0.39, 0.29) is 0 Å². The number of nitriles is 1. The van der Waals surface area contributed by atoms with Crippen LogP contribution < -0.4 is 10.6 Å². The average molecular weight is 269 g/mol. The number of carbonyl (C=O) groups excluding carboxylic acids is 1. The normalized spacial score (nSPS) is 9.40. The highest BCUT2D eigenvalue weighted by Crippen LogP contribution is 2.21. The lowest BCUT2D eigenvalue weighted by atomic mass is 10.2. The Hall–Kier alpha value is -3.14. The number of nitrogens with one attached hydrogen (secondary N) is 2. The summed E-state index contributed by atoms with van der Waals surface area (Å²) in [6, 6.07) is 8.44. The average Bonchev–Trinajstić information content (AvgIpc) is 2.48. The van der Waals surface area contributed by atoms with Crippen LogP contribution in [-0.4, -0.2) is 23.0 Å². The van der Waals surface area contributed by atoms with E-state index in [9.17, 15) is 4.79 Å². The van der Waals surface area contributed by atoms with Gasteiger partial charge in [0.2, 0.25) is 0 Å². The molecule has 0 aliphatic carbocycles. The van der Waals surface area contributed by atoms with Crippen molar-refractivity contribution in [3.8, 4) is 6.19 Å². The molecule has 0 unspecified atom stereocenters. The van der Waals surface area contributed by atoms with Crippen molar-refractivity contribution in [2.24, 2.45) is 0 Å². The zero-order valence-corrected chi connectivity index (χ0v) is 10.6. The summed E-state index contributed by atoms with van der Waals surface area (Å²) >= 11 is 0. The summed E-state index contributed by atoms with van der Waals surface area (Å²) in [5.74, 6) is 0.368. The highest BCUT2D eigenvalue weighted by atomic mass is 16.5. The van der Waals surface area contributed by atoms with Crippen molar-refractivity contribution in [2.75, 3.05) is 17.7 Å². The van der Waals surface area contributed by atoms with Crippen molar-refractivity contribution in [1.82, 2.24) is 9.97 Å². The molecule has 1 aromatic carbocycles. The van der Waals surface area contributed by atoms with E-state index in [1.807, 2.05) is 0 Å². The monoisotopic (exact) mass is 269 g/mol. The molecule has 7 heteroatoms. The maximum Gasteiger partial charge on any atom is 0.339 e. The van der Waals surface area contributed by atoms with Crippen molar-refractivity contribution in [2.45, 2.75) is 0 Å². The summed E-state index contributed by atoms with van der Waals surface area (Å²) in [6.07, 6.45) is 3.08. The van der Waals surface area contributed by atoms with Crippen LogP contribution in [0.15, 0.2) is 36.7 Å². The minimum Gasteiger partial charge on any atom is -0.465 e. The number of benzene rings is 1. The van der Waals surface area contributed by atoms with Crippen LogP contribution in [-0.2, 0) is 4.74 Å². The van der Waals surface area contributed by atoms with Gasteiger partial charge in [-0.15, -0.1) is 0 Å². The number of rotatable bonds is 4. The van der Waals surface area contributed by atoms with E-state index in [0.29, 0.717) is 22.9 Å². The summed E-state index contributed by atoms with van der Waals surface area (Å²) < 4.78 is 4.71. The molecule has 2 rings (SSSR count). The molecule has 0 atom stereocenters. The van der Waals surface area contributed by atoms with E-state index >= 15 is 0 Å². The van der Waals surface area contributed by atoms with Gasteiger partial charge in [-0.05, 0) is 12.1 Å². The van der Waals surface area contributed by atoms with Crippen molar-refractivity contribution < 1.29 is 9.53 Å². The zero-order chi connectivity index (χ0) is 14.4. The topological polar surface area (TPSA) is 99.9 Å². The van der Waals surface area contributed by atoms with E-state index in [1.165, 1.54) is 13.4 Å². The molecular weight excluding hydrogens is 258 g/mol. The number of methoxy groups -OCH3 is 1. The Morgan fingerprint density at radius 2 is 2.05 bits per heavy atom. The van der Waals surface area contributed by atoms with E-state index < -0.39 is 5.97 Å². The van der Waals surface area contributed by atoms with Crippen LogP contribution in [0.1, 0.15) is 10.4 Å².